The predicted octanol–water partition coefficient (Wildman–Crippen LogP) is 2.27. The van der Waals surface area contributed by atoms with E-state index < -0.39 is 6.04 Å². The molecule has 0 radical (unpaired) electrons. The number of nitrogens with two attached hydrogens (primary N) is 1. The number of halogens is 1. The van der Waals surface area contributed by atoms with E-state index in [-0.39, 0.29) is 11.8 Å². The average Bonchev–Trinajstić information content (AvgIpc) is 3.08. The van der Waals surface area contributed by atoms with Crippen molar-refractivity contribution >= 4 is 28.8 Å². The first kappa shape index (κ1) is 13.8. The molecule has 2 N–H and O–H groups in total. The number of rotatable bonds is 5. The van der Waals surface area contributed by atoms with E-state index in [4.69, 9.17) is 17.3 Å². The van der Waals surface area contributed by atoms with E-state index in [0.29, 0.717) is 17.1 Å². The van der Waals surface area contributed by atoms with Gasteiger partial charge in [-0.15, -0.1) is 11.3 Å². The number of hydrogen-bond donors (Lipinski definition) is 1. The number of aromatic nitrogens is 1. The highest BCUT2D eigenvalue weighted by Crippen LogP contribution is 2.30. The van der Waals surface area contributed by atoms with Crippen LogP contribution in [0.3, 0.4) is 0 Å². The Morgan fingerprint density at radius 3 is 2.78 bits per heavy atom. The zero-order valence-electron chi connectivity index (χ0n) is 10.6. The molecule has 0 aliphatic heterocycles. The molecule has 0 aromatic carbocycles. The molecule has 1 atom stereocenters. The van der Waals surface area contributed by atoms with E-state index in [9.17, 15) is 4.79 Å². The van der Waals surface area contributed by atoms with Crippen molar-refractivity contribution < 1.29 is 4.79 Å². The van der Waals surface area contributed by atoms with Crippen LogP contribution >= 0.6 is 22.9 Å². The van der Waals surface area contributed by atoms with Gasteiger partial charge in [0.1, 0.15) is 0 Å². The van der Waals surface area contributed by atoms with E-state index >= 15 is 0 Å². The van der Waals surface area contributed by atoms with Crippen LogP contribution in [-0.4, -0.2) is 27.9 Å². The fourth-order valence-corrected chi connectivity index (χ4v) is 2.75. The third-order valence-corrected chi connectivity index (χ3v) is 4.23. The van der Waals surface area contributed by atoms with Gasteiger partial charge in [0.2, 0.25) is 5.91 Å². The standard InChI is InChI=1S/C12H18ClN3OS/c1-7(2)10(14)11(17)16(8-3-4-8)6-9-5-15-12(13)18-9/h5,7-8,10H,3-4,6,14H2,1-2H3/t10-/m0/s1. The Balaban J connectivity index is 2.06. The van der Waals surface area contributed by atoms with Crippen LogP contribution in [0.5, 0.6) is 0 Å². The largest absolute Gasteiger partial charge is 0.333 e. The van der Waals surface area contributed by atoms with E-state index in [1.54, 1.807) is 6.20 Å². The number of carbonyl (C=O) groups is 1. The summed E-state index contributed by atoms with van der Waals surface area (Å²) in [7, 11) is 0. The Hall–Kier alpha value is -0.650. The SMILES string of the molecule is CC(C)[C@H](N)C(=O)N(Cc1cnc(Cl)s1)C1CC1. The summed E-state index contributed by atoms with van der Waals surface area (Å²) in [5.41, 5.74) is 5.96. The van der Waals surface area contributed by atoms with E-state index in [2.05, 4.69) is 4.98 Å². The van der Waals surface area contributed by atoms with Crippen molar-refractivity contribution in [1.82, 2.24) is 9.88 Å². The van der Waals surface area contributed by atoms with E-state index in [1.165, 1.54) is 11.3 Å². The van der Waals surface area contributed by atoms with Gasteiger partial charge in [-0.05, 0) is 18.8 Å². The maximum Gasteiger partial charge on any atom is 0.240 e. The zero-order chi connectivity index (χ0) is 13.3. The van der Waals surface area contributed by atoms with Crippen LogP contribution < -0.4 is 5.73 Å². The van der Waals surface area contributed by atoms with Gasteiger partial charge in [-0.2, -0.15) is 0 Å². The smallest absolute Gasteiger partial charge is 0.240 e. The Morgan fingerprint density at radius 1 is 1.67 bits per heavy atom. The highest BCUT2D eigenvalue weighted by molar-refractivity contribution is 7.15. The minimum atomic E-state index is -0.422. The lowest BCUT2D eigenvalue weighted by Gasteiger charge is -2.26. The van der Waals surface area contributed by atoms with Crippen LogP contribution in [-0.2, 0) is 11.3 Å². The molecule has 0 spiro atoms. The molecule has 1 amide bonds. The van der Waals surface area contributed by atoms with Crippen molar-refractivity contribution in [2.24, 2.45) is 11.7 Å². The monoisotopic (exact) mass is 287 g/mol. The van der Waals surface area contributed by atoms with Crippen LogP contribution in [0, 0.1) is 5.92 Å². The third kappa shape index (κ3) is 3.22. The number of amides is 1. The number of hydrogen-bond acceptors (Lipinski definition) is 4. The summed E-state index contributed by atoms with van der Waals surface area (Å²) >= 11 is 7.23. The predicted molar refractivity (Wildman–Crippen MR) is 73.5 cm³/mol. The minimum Gasteiger partial charge on any atom is -0.333 e. The molecule has 6 heteroatoms. The minimum absolute atomic E-state index is 0.0389. The van der Waals surface area contributed by atoms with Crippen LogP contribution in [0.25, 0.3) is 0 Å². The van der Waals surface area contributed by atoms with Gasteiger partial charge in [0, 0.05) is 17.1 Å². The first-order chi connectivity index (χ1) is 8.49. The summed E-state index contributed by atoms with van der Waals surface area (Å²) in [5, 5.41) is 0. The highest BCUT2D eigenvalue weighted by Gasteiger charge is 2.35. The summed E-state index contributed by atoms with van der Waals surface area (Å²) in [5.74, 6) is 0.195. The van der Waals surface area contributed by atoms with Gasteiger partial charge in [-0.1, -0.05) is 25.4 Å². The molecule has 100 valence electrons. The molecular formula is C12H18ClN3OS. The lowest BCUT2D eigenvalue weighted by molar-refractivity contribution is -0.134. The Kier molecular flexibility index (Phi) is 4.25. The molecule has 1 heterocycles. The molecule has 18 heavy (non-hydrogen) atoms. The lowest BCUT2D eigenvalue weighted by Crippen LogP contribution is -2.47. The fraction of sp³-hybridized carbons (Fsp3) is 0.667. The van der Waals surface area contributed by atoms with Crippen molar-refractivity contribution in [2.75, 3.05) is 0 Å². The first-order valence-corrected chi connectivity index (χ1v) is 7.34. The molecule has 2 rings (SSSR count). The Bertz CT molecular complexity index is 431. The van der Waals surface area contributed by atoms with E-state index in [1.807, 2.05) is 18.7 Å². The summed E-state index contributed by atoms with van der Waals surface area (Å²) in [4.78, 5) is 19.2. The van der Waals surface area contributed by atoms with Crippen LogP contribution in [0.4, 0.5) is 0 Å². The first-order valence-electron chi connectivity index (χ1n) is 6.15. The fourth-order valence-electron chi connectivity index (χ4n) is 1.77. The van der Waals surface area contributed by atoms with Crippen molar-refractivity contribution in [1.29, 1.82) is 0 Å². The third-order valence-electron chi connectivity index (χ3n) is 3.13. The molecule has 0 saturated heterocycles. The Labute approximate surface area is 116 Å². The Morgan fingerprint density at radius 2 is 2.33 bits per heavy atom. The normalized spacial score (nSPS) is 16.9. The molecule has 1 saturated carbocycles. The van der Waals surface area contributed by atoms with Crippen molar-refractivity contribution in [3.63, 3.8) is 0 Å². The molecule has 1 aromatic rings. The second-order valence-corrected chi connectivity index (χ2v) is 6.74. The second-order valence-electron chi connectivity index (χ2n) is 5.05. The molecule has 1 aliphatic carbocycles. The maximum absolute atomic E-state index is 12.3. The number of thiazole rings is 1. The number of carbonyl (C=O) groups excluding carboxylic acids is 1. The molecule has 0 bridgehead atoms. The lowest BCUT2D eigenvalue weighted by atomic mass is 10.0. The van der Waals surface area contributed by atoms with Crippen molar-refractivity contribution in [3.05, 3.63) is 15.5 Å². The zero-order valence-corrected chi connectivity index (χ0v) is 12.2. The topological polar surface area (TPSA) is 59.2 Å². The van der Waals surface area contributed by atoms with Crippen LogP contribution in [0.1, 0.15) is 31.6 Å². The number of nitrogens with zero attached hydrogens (tertiary/aromatic N) is 2. The quantitative estimate of drug-likeness (QED) is 0.904. The summed E-state index contributed by atoms with van der Waals surface area (Å²) in [6.07, 6.45) is 3.88. The van der Waals surface area contributed by atoms with Gasteiger partial charge in [0.15, 0.2) is 4.47 Å². The van der Waals surface area contributed by atoms with Gasteiger partial charge in [0.05, 0.1) is 12.6 Å². The van der Waals surface area contributed by atoms with Crippen molar-refractivity contribution in [3.8, 4) is 0 Å². The molecule has 1 aliphatic rings. The van der Waals surface area contributed by atoms with Gasteiger partial charge < -0.3 is 10.6 Å². The van der Waals surface area contributed by atoms with Gasteiger partial charge in [-0.3, -0.25) is 4.79 Å². The molecule has 1 fully saturated rings. The van der Waals surface area contributed by atoms with Gasteiger partial charge in [-0.25, -0.2) is 4.98 Å². The van der Waals surface area contributed by atoms with E-state index in [0.717, 1.165) is 17.7 Å². The second kappa shape index (κ2) is 5.55. The molecular weight excluding hydrogens is 270 g/mol. The van der Waals surface area contributed by atoms with Crippen molar-refractivity contribution in [2.45, 2.75) is 45.3 Å². The van der Waals surface area contributed by atoms with Crippen LogP contribution in [0.2, 0.25) is 4.47 Å². The highest BCUT2D eigenvalue weighted by atomic mass is 35.5. The van der Waals surface area contributed by atoms with Gasteiger partial charge in [0.25, 0.3) is 0 Å². The molecule has 4 nitrogen and oxygen atoms in total. The summed E-state index contributed by atoms with van der Waals surface area (Å²) < 4.78 is 0.515. The summed E-state index contributed by atoms with van der Waals surface area (Å²) in [6.45, 7) is 4.52. The maximum atomic E-state index is 12.3. The van der Waals surface area contributed by atoms with Crippen LogP contribution in [0.15, 0.2) is 6.20 Å². The summed E-state index contributed by atoms with van der Waals surface area (Å²) in [6, 6.07) is -0.0721. The average molecular weight is 288 g/mol. The molecule has 1 aromatic heterocycles. The molecule has 0 unspecified atom stereocenters. The van der Waals surface area contributed by atoms with Gasteiger partial charge >= 0.3 is 0 Å².